The van der Waals surface area contributed by atoms with Gasteiger partial charge in [-0.1, -0.05) is 49.4 Å². The molecule has 3 aromatic carbocycles. The minimum atomic E-state index is -1.33. The minimum absolute atomic E-state index is 0.0167. The highest BCUT2D eigenvalue weighted by Gasteiger charge is 2.40. The van der Waals surface area contributed by atoms with Crippen LogP contribution < -0.4 is 14.8 Å². The number of aliphatic hydroxyl groups is 2. The average molecular weight is 573 g/mol. The summed E-state index contributed by atoms with van der Waals surface area (Å²) in [6.07, 6.45) is 7.83. The number of benzene rings is 3. The molecule has 1 aliphatic heterocycles. The van der Waals surface area contributed by atoms with Gasteiger partial charge in [0.25, 0.3) is 0 Å². The highest BCUT2D eigenvalue weighted by Crippen LogP contribution is 2.40. The van der Waals surface area contributed by atoms with Crippen molar-refractivity contribution < 1.29 is 29.6 Å². The van der Waals surface area contributed by atoms with Gasteiger partial charge in [0.1, 0.15) is 17.2 Å². The van der Waals surface area contributed by atoms with E-state index in [9.17, 15) is 20.1 Å². The lowest BCUT2D eigenvalue weighted by atomic mass is 9.75. The van der Waals surface area contributed by atoms with E-state index in [1.807, 2.05) is 61.5 Å². The van der Waals surface area contributed by atoms with Crippen molar-refractivity contribution in [2.24, 2.45) is 4.99 Å². The zero-order valence-electron chi connectivity index (χ0n) is 24.5. The second-order valence-electron chi connectivity index (χ2n) is 10.7. The van der Waals surface area contributed by atoms with Gasteiger partial charge in [-0.3, -0.25) is 9.79 Å². The molecule has 0 spiro atoms. The Morgan fingerprint density at radius 1 is 1.02 bits per heavy atom. The lowest BCUT2D eigenvalue weighted by Gasteiger charge is -2.36. The Labute approximate surface area is 247 Å². The molecule has 0 fully saturated rings. The normalized spacial score (nSPS) is 17.2. The number of phenols is 1. The molecule has 8 nitrogen and oxygen atoms in total. The van der Waals surface area contributed by atoms with Crippen molar-refractivity contribution in [2.75, 3.05) is 14.2 Å². The fraction of sp³-hybridized carbons (Fsp3) is 0.353. The number of aryl methyl sites for hydroxylation is 1. The fourth-order valence-electron chi connectivity index (χ4n) is 5.54. The first kappa shape index (κ1) is 30.8. The van der Waals surface area contributed by atoms with Gasteiger partial charge in [-0.15, -0.1) is 0 Å². The molecule has 2 unspecified atom stereocenters. The van der Waals surface area contributed by atoms with Gasteiger partial charge in [-0.2, -0.15) is 0 Å². The second-order valence-corrected chi connectivity index (χ2v) is 10.7. The van der Waals surface area contributed by atoms with Crippen LogP contribution in [0.15, 0.2) is 77.8 Å². The molecule has 0 saturated heterocycles. The third kappa shape index (κ3) is 7.19. The summed E-state index contributed by atoms with van der Waals surface area (Å²) in [5.41, 5.74) is 1.74. The molecule has 42 heavy (non-hydrogen) atoms. The number of rotatable bonds is 14. The van der Waals surface area contributed by atoms with E-state index in [0.717, 1.165) is 16.7 Å². The summed E-state index contributed by atoms with van der Waals surface area (Å²) in [5.74, 6) is 1.19. The summed E-state index contributed by atoms with van der Waals surface area (Å²) >= 11 is 0. The lowest BCUT2D eigenvalue weighted by molar-refractivity contribution is -0.121. The van der Waals surface area contributed by atoms with Gasteiger partial charge in [0.05, 0.1) is 44.1 Å². The fourth-order valence-corrected chi connectivity index (χ4v) is 5.54. The highest BCUT2D eigenvalue weighted by molar-refractivity contribution is 5.76. The van der Waals surface area contributed by atoms with Crippen LogP contribution in [0.3, 0.4) is 0 Å². The largest absolute Gasteiger partial charge is 0.508 e. The Hall–Kier alpha value is -4.14. The van der Waals surface area contributed by atoms with Gasteiger partial charge < -0.3 is 30.1 Å². The number of hydrogen-bond donors (Lipinski definition) is 4. The predicted octanol–water partition coefficient (Wildman–Crippen LogP) is 4.76. The molecule has 3 aromatic rings. The van der Waals surface area contributed by atoms with Gasteiger partial charge in [0.2, 0.25) is 5.91 Å². The Balaban J connectivity index is 1.49. The molecular weight excluding hydrogens is 532 g/mol. The van der Waals surface area contributed by atoms with Crippen molar-refractivity contribution in [2.45, 2.75) is 63.3 Å². The first-order valence-electron chi connectivity index (χ1n) is 14.2. The molecule has 0 bridgehead atoms. The number of aromatic hydroxyl groups is 1. The van der Waals surface area contributed by atoms with Gasteiger partial charge in [-0.05, 0) is 59.9 Å². The number of carbonyl (C=O) groups excluding carboxylic acids is 1. The van der Waals surface area contributed by atoms with Crippen LogP contribution in [0.1, 0.15) is 54.0 Å². The number of ether oxygens (including phenoxy) is 2. The molecule has 222 valence electrons. The summed E-state index contributed by atoms with van der Waals surface area (Å²) < 4.78 is 10.8. The van der Waals surface area contributed by atoms with E-state index in [2.05, 4.69) is 10.3 Å². The van der Waals surface area contributed by atoms with Crippen molar-refractivity contribution in [3.8, 4) is 17.2 Å². The van der Waals surface area contributed by atoms with E-state index in [-0.39, 0.29) is 24.8 Å². The number of amides is 1. The average Bonchev–Trinajstić information content (AvgIpc) is 3.47. The predicted molar refractivity (Wildman–Crippen MR) is 163 cm³/mol. The minimum Gasteiger partial charge on any atom is -0.508 e. The van der Waals surface area contributed by atoms with Gasteiger partial charge in [0.15, 0.2) is 0 Å². The number of aliphatic imine (C=N–C) groups is 1. The first-order chi connectivity index (χ1) is 20.2. The molecule has 0 saturated carbocycles. The number of nitrogens with one attached hydrogen (secondary N) is 1. The summed E-state index contributed by atoms with van der Waals surface area (Å²) in [6.45, 7) is 1.99. The summed E-state index contributed by atoms with van der Waals surface area (Å²) in [6, 6.07) is 18.2. The number of allylic oxidation sites excluding steroid dienone is 1. The van der Waals surface area contributed by atoms with E-state index in [1.54, 1.807) is 32.6 Å². The van der Waals surface area contributed by atoms with Crippen LogP contribution in [0.25, 0.3) is 0 Å². The number of nitrogens with zero attached hydrogens (tertiary/aromatic N) is 1. The molecule has 8 heteroatoms. The van der Waals surface area contributed by atoms with Crippen molar-refractivity contribution in [3.63, 3.8) is 0 Å². The molecule has 4 rings (SSSR count). The van der Waals surface area contributed by atoms with Crippen LogP contribution in [0.4, 0.5) is 0 Å². The van der Waals surface area contributed by atoms with E-state index in [0.29, 0.717) is 54.7 Å². The number of aliphatic hydroxyl groups excluding tert-OH is 1. The third-order valence-corrected chi connectivity index (χ3v) is 7.94. The maximum absolute atomic E-state index is 12.7. The van der Waals surface area contributed by atoms with Crippen LogP contribution in [-0.4, -0.2) is 47.2 Å². The van der Waals surface area contributed by atoms with E-state index >= 15 is 0 Å². The van der Waals surface area contributed by atoms with Crippen molar-refractivity contribution >= 4 is 12.1 Å². The molecule has 0 aromatic heterocycles. The SMILES string of the molecule is CCC1(CC(O)(Cc2cccc(CCC(=O)NCc3c(OC)cccc3OC)c2)c2ccc(O)c(CO)c2)C=CC=N1. The zero-order valence-corrected chi connectivity index (χ0v) is 24.5. The molecule has 0 aliphatic carbocycles. The van der Waals surface area contributed by atoms with Crippen molar-refractivity contribution in [1.29, 1.82) is 0 Å². The third-order valence-electron chi connectivity index (χ3n) is 7.94. The number of methoxy groups -OCH3 is 2. The molecule has 4 N–H and O–H groups in total. The number of hydrogen-bond acceptors (Lipinski definition) is 7. The van der Waals surface area contributed by atoms with Crippen molar-refractivity contribution in [3.05, 3.63) is 101 Å². The van der Waals surface area contributed by atoms with Crippen LogP contribution in [0.2, 0.25) is 0 Å². The Morgan fingerprint density at radius 2 is 1.74 bits per heavy atom. The van der Waals surface area contributed by atoms with Crippen LogP contribution >= 0.6 is 0 Å². The first-order valence-corrected chi connectivity index (χ1v) is 14.2. The van der Waals surface area contributed by atoms with E-state index < -0.39 is 11.1 Å². The van der Waals surface area contributed by atoms with Gasteiger partial charge in [0, 0.05) is 31.0 Å². The van der Waals surface area contributed by atoms with Crippen LogP contribution in [0.5, 0.6) is 17.2 Å². The molecular formula is C34H40N2O6. The highest BCUT2D eigenvalue weighted by atomic mass is 16.5. The van der Waals surface area contributed by atoms with Crippen LogP contribution in [0, 0.1) is 0 Å². The molecule has 0 radical (unpaired) electrons. The second kappa shape index (κ2) is 13.7. The van der Waals surface area contributed by atoms with Crippen molar-refractivity contribution in [1.82, 2.24) is 5.32 Å². The quantitative estimate of drug-likeness (QED) is 0.221. The summed E-state index contributed by atoms with van der Waals surface area (Å²) in [4.78, 5) is 17.4. The van der Waals surface area contributed by atoms with E-state index in [1.165, 1.54) is 6.07 Å². The maximum atomic E-state index is 12.7. The summed E-state index contributed by atoms with van der Waals surface area (Å²) in [7, 11) is 3.17. The Bertz CT molecular complexity index is 1420. The Kier molecular flexibility index (Phi) is 10.0. The molecule has 1 amide bonds. The zero-order chi connectivity index (χ0) is 30.2. The number of carbonyl (C=O) groups is 1. The monoisotopic (exact) mass is 572 g/mol. The van der Waals surface area contributed by atoms with Gasteiger partial charge >= 0.3 is 0 Å². The molecule has 1 heterocycles. The Morgan fingerprint density at radius 3 is 2.38 bits per heavy atom. The smallest absolute Gasteiger partial charge is 0.220 e. The molecule has 1 aliphatic rings. The van der Waals surface area contributed by atoms with Gasteiger partial charge in [-0.25, -0.2) is 0 Å². The lowest BCUT2D eigenvalue weighted by Crippen LogP contribution is -2.38. The standard InChI is InChI=1S/C34H40N2O6/c1-4-33(16-7-17-36-33)23-34(40,27-13-14-29(38)26(19-27)22-37)20-25-9-5-8-24(18-25)12-15-32(39)35-21-28-30(41-2)10-6-11-31(28)42-3/h5-11,13-14,16-19,37-38,40H,4,12,15,20-23H2,1-3H3,(H,35,39). The van der Waals surface area contributed by atoms with Crippen LogP contribution in [-0.2, 0) is 36.4 Å². The van der Waals surface area contributed by atoms with E-state index in [4.69, 9.17) is 9.47 Å². The molecule has 2 atom stereocenters. The maximum Gasteiger partial charge on any atom is 0.220 e. The summed E-state index contributed by atoms with van der Waals surface area (Å²) in [5, 5.41) is 35.1. The topological polar surface area (TPSA) is 121 Å².